The summed E-state index contributed by atoms with van der Waals surface area (Å²) >= 11 is 5.93. The number of nitrogens with zero attached hydrogens (tertiary/aromatic N) is 1. The average Bonchev–Trinajstić information content (AvgIpc) is 2.62. The smallest absolute Gasteiger partial charge is 0.354 e. The van der Waals surface area contributed by atoms with E-state index in [2.05, 4.69) is 4.74 Å². The molecule has 0 spiro atoms. The molecule has 3 nitrogen and oxygen atoms in total. The molecule has 0 N–H and O–H groups in total. The Hall–Kier alpha value is -1.55. The van der Waals surface area contributed by atoms with Gasteiger partial charge >= 0.3 is 5.97 Å². The molecule has 1 aromatic heterocycles. The van der Waals surface area contributed by atoms with Crippen LogP contribution in [0, 0.1) is 5.82 Å². The van der Waals surface area contributed by atoms with Crippen LogP contribution in [-0.4, -0.2) is 17.6 Å². The van der Waals surface area contributed by atoms with Crippen molar-refractivity contribution in [2.24, 2.45) is 7.05 Å². The summed E-state index contributed by atoms with van der Waals surface area (Å²) in [4.78, 5) is 11.4. The molecule has 5 heteroatoms. The maximum atomic E-state index is 13.6. The van der Waals surface area contributed by atoms with Gasteiger partial charge in [0.05, 0.1) is 17.6 Å². The zero-order valence-corrected chi connectivity index (χ0v) is 9.51. The number of aromatic nitrogens is 1. The van der Waals surface area contributed by atoms with Crippen molar-refractivity contribution in [3.63, 3.8) is 0 Å². The summed E-state index contributed by atoms with van der Waals surface area (Å²) in [5.41, 5.74) is 0.567. The van der Waals surface area contributed by atoms with Crippen LogP contribution in [0.3, 0.4) is 0 Å². The first-order chi connectivity index (χ1) is 7.56. The van der Waals surface area contributed by atoms with Gasteiger partial charge in [-0.25, -0.2) is 9.18 Å². The van der Waals surface area contributed by atoms with E-state index in [1.807, 2.05) is 0 Å². The predicted octanol–water partition coefficient (Wildman–Crippen LogP) is 2.76. The number of halogens is 2. The molecule has 0 aliphatic heterocycles. The van der Waals surface area contributed by atoms with Gasteiger partial charge in [0, 0.05) is 12.4 Å². The van der Waals surface area contributed by atoms with Crippen LogP contribution in [0.4, 0.5) is 4.39 Å². The highest BCUT2D eigenvalue weighted by Gasteiger charge is 2.17. The molecule has 1 heterocycles. The third-order valence-corrected chi connectivity index (χ3v) is 2.82. The van der Waals surface area contributed by atoms with Crippen molar-refractivity contribution in [3.8, 4) is 0 Å². The molecule has 1 aromatic carbocycles. The molecule has 2 aromatic rings. The van der Waals surface area contributed by atoms with E-state index in [0.717, 1.165) is 0 Å². The molecule has 0 amide bonds. The van der Waals surface area contributed by atoms with Gasteiger partial charge in [-0.3, -0.25) is 0 Å². The first-order valence-corrected chi connectivity index (χ1v) is 4.95. The summed E-state index contributed by atoms with van der Waals surface area (Å²) in [5.74, 6) is -0.939. The number of esters is 1. The van der Waals surface area contributed by atoms with E-state index in [1.165, 1.54) is 29.9 Å². The summed E-state index contributed by atoms with van der Waals surface area (Å²) in [6.07, 6.45) is 0. The number of rotatable bonds is 1. The highest BCUT2D eigenvalue weighted by molar-refractivity contribution is 6.35. The maximum Gasteiger partial charge on any atom is 0.354 e. The first kappa shape index (κ1) is 11.0. The second-order valence-electron chi connectivity index (χ2n) is 3.37. The fraction of sp³-hybridized carbons (Fsp3) is 0.182. The van der Waals surface area contributed by atoms with E-state index in [0.29, 0.717) is 15.9 Å². The molecule has 2 rings (SSSR count). The van der Waals surface area contributed by atoms with Gasteiger partial charge < -0.3 is 9.30 Å². The quantitative estimate of drug-likeness (QED) is 0.719. The molecule has 0 unspecified atom stereocenters. The standard InChI is InChI=1S/C11H9ClFNO2/c1-14-9(11(15)16-2)5-6-7(12)3-4-8(13)10(6)14/h3-5H,1-2H3. The van der Waals surface area contributed by atoms with Crippen LogP contribution in [0.15, 0.2) is 18.2 Å². The third kappa shape index (κ3) is 1.46. The van der Waals surface area contributed by atoms with Crippen LogP contribution in [0.1, 0.15) is 10.5 Å². The lowest BCUT2D eigenvalue weighted by Gasteiger charge is -2.02. The molecule has 0 saturated carbocycles. The number of ether oxygens (including phenoxy) is 1. The molecular formula is C11H9ClFNO2. The van der Waals surface area contributed by atoms with Crippen LogP contribution in [0.2, 0.25) is 5.02 Å². The molecule has 0 saturated heterocycles. The lowest BCUT2D eigenvalue weighted by Crippen LogP contribution is -2.07. The van der Waals surface area contributed by atoms with Gasteiger partial charge in [0.2, 0.25) is 0 Å². The second kappa shape index (κ2) is 3.79. The third-order valence-electron chi connectivity index (χ3n) is 2.49. The van der Waals surface area contributed by atoms with Crippen LogP contribution >= 0.6 is 11.6 Å². The van der Waals surface area contributed by atoms with Crippen molar-refractivity contribution in [1.29, 1.82) is 0 Å². The Morgan fingerprint density at radius 2 is 2.19 bits per heavy atom. The molecule has 0 aliphatic rings. The summed E-state index contributed by atoms with van der Waals surface area (Å²) in [6, 6.07) is 4.25. The Bertz CT molecular complexity index is 577. The Kier molecular flexibility index (Phi) is 2.59. The molecule has 0 bridgehead atoms. The monoisotopic (exact) mass is 241 g/mol. The first-order valence-electron chi connectivity index (χ1n) is 4.58. The van der Waals surface area contributed by atoms with Crippen molar-refractivity contribution in [3.05, 3.63) is 34.7 Å². The SMILES string of the molecule is COC(=O)c1cc2c(Cl)ccc(F)c2n1C. The maximum absolute atomic E-state index is 13.6. The van der Waals surface area contributed by atoms with Crippen molar-refractivity contribution < 1.29 is 13.9 Å². The molecule has 16 heavy (non-hydrogen) atoms. The van der Waals surface area contributed by atoms with Gasteiger partial charge in [-0.05, 0) is 18.2 Å². The van der Waals surface area contributed by atoms with E-state index in [-0.39, 0.29) is 5.69 Å². The summed E-state index contributed by atoms with van der Waals surface area (Å²) in [5, 5.41) is 0.909. The van der Waals surface area contributed by atoms with Crippen molar-refractivity contribution >= 4 is 28.5 Å². The minimum Gasteiger partial charge on any atom is -0.464 e. The number of carbonyl (C=O) groups is 1. The van der Waals surface area contributed by atoms with Crippen LogP contribution in [0.25, 0.3) is 10.9 Å². The Morgan fingerprint density at radius 3 is 2.75 bits per heavy atom. The number of hydrogen-bond donors (Lipinski definition) is 0. The van der Waals surface area contributed by atoms with E-state index in [4.69, 9.17) is 11.6 Å². The number of benzene rings is 1. The van der Waals surface area contributed by atoms with Gasteiger partial charge in [-0.1, -0.05) is 11.6 Å². The minimum atomic E-state index is -0.519. The van der Waals surface area contributed by atoms with Gasteiger partial charge in [0.15, 0.2) is 0 Å². The van der Waals surface area contributed by atoms with Crippen LogP contribution < -0.4 is 0 Å². The predicted molar refractivity (Wildman–Crippen MR) is 59.2 cm³/mol. The molecular weight excluding hydrogens is 233 g/mol. The van der Waals surface area contributed by atoms with Gasteiger partial charge in [-0.15, -0.1) is 0 Å². The minimum absolute atomic E-state index is 0.268. The van der Waals surface area contributed by atoms with Gasteiger partial charge in [0.1, 0.15) is 11.5 Å². The topological polar surface area (TPSA) is 31.2 Å². The number of fused-ring (bicyclic) bond motifs is 1. The Labute approximate surface area is 96.4 Å². The van der Waals surface area contributed by atoms with E-state index in [1.54, 1.807) is 7.05 Å². The van der Waals surface area contributed by atoms with Crippen molar-refractivity contribution in [2.45, 2.75) is 0 Å². The zero-order chi connectivity index (χ0) is 11.9. The molecule has 0 aliphatic carbocycles. The Balaban J connectivity index is 2.82. The highest BCUT2D eigenvalue weighted by atomic mass is 35.5. The lowest BCUT2D eigenvalue weighted by atomic mass is 10.2. The summed E-state index contributed by atoms with van der Waals surface area (Å²) < 4.78 is 19.6. The number of methoxy groups -OCH3 is 1. The summed E-state index contributed by atoms with van der Waals surface area (Å²) in [6.45, 7) is 0. The normalized spacial score (nSPS) is 10.8. The van der Waals surface area contributed by atoms with Crippen LogP contribution in [-0.2, 0) is 11.8 Å². The zero-order valence-electron chi connectivity index (χ0n) is 8.75. The van der Waals surface area contributed by atoms with E-state index in [9.17, 15) is 9.18 Å². The Morgan fingerprint density at radius 1 is 1.50 bits per heavy atom. The van der Waals surface area contributed by atoms with Gasteiger partial charge in [-0.2, -0.15) is 0 Å². The lowest BCUT2D eigenvalue weighted by molar-refractivity contribution is 0.0590. The molecule has 0 atom stereocenters. The largest absolute Gasteiger partial charge is 0.464 e. The summed E-state index contributed by atoms with van der Waals surface area (Å²) in [7, 11) is 2.87. The fourth-order valence-electron chi connectivity index (χ4n) is 1.69. The number of hydrogen-bond acceptors (Lipinski definition) is 2. The van der Waals surface area contributed by atoms with E-state index >= 15 is 0 Å². The molecule has 0 radical (unpaired) electrons. The van der Waals surface area contributed by atoms with Gasteiger partial charge in [0.25, 0.3) is 0 Å². The molecule has 84 valence electrons. The average molecular weight is 242 g/mol. The van der Waals surface area contributed by atoms with Crippen LogP contribution in [0.5, 0.6) is 0 Å². The molecule has 0 fully saturated rings. The van der Waals surface area contributed by atoms with Crippen molar-refractivity contribution in [1.82, 2.24) is 4.57 Å². The highest BCUT2D eigenvalue weighted by Crippen LogP contribution is 2.28. The fourth-order valence-corrected chi connectivity index (χ4v) is 1.90. The van der Waals surface area contributed by atoms with Crippen molar-refractivity contribution in [2.75, 3.05) is 7.11 Å². The second-order valence-corrected chi connectivity index (χ2v) is 3.78. The number of carbonyl (C=O) groups excluding carboxylic acids is 1. The van der Waals surface area contributed by atoms with E-state index < -0.39 is 11.8 Å². The number of aryl methyl sites for hydroxylation is 1.